The summed E-state index contributed by atoms with van der Waals surface area (Å²) < 4.78 is 0. The largest absolute Gasteiger partial charge is 0.294 e. The Bertz CT molecular complexity index is 851. The van der Waals surface area contributed by atoms with Gasteiger partial charge in [0.05, 0.1) is 5.88 Å². The lowest BCUT2D eigenvalue weighted by Gasteiger charge is -2.19. The van der Waals surface area contributed by atoms with E-state index in [-0.39, 0.29) is 11.7 Å². The molecule has 130 valence electrons. The zero-order valence-electron chi connectivity index (χ0n) is 14.1. The molecule has 0 aromatic heterocycles. The Hall–Kier alpha value is -1.92. The van der Waals surface area contributed by atoms with E-state index in [2.05, 4.69) is 24.3 Å². The summed E-state index contributed by atoms with van der Waals surface area (Å²) in [6.45, 7) is -2.23. The van der Waals surface area contributed by atoms with Gasteiger partial charge in [0.25, 0.3) is 0 Å². The van der Waals surface area contributed by atoms with E-state index in [1.54, 1.807) is 6.08 Å². The summed E-state index contributed by atoms with van der Waals surface area (Å²) in [6, 6.07) is 28.5. The highest BCUT2D eigenvalue weighted by atomic mass is 35.7. The summed E-state index contributed by atoms with van der Waals surface area (Å²) >= 11 is 12.9. The molecule has 3 rings (SSSR count). The summed E-state index contributed by atoms with van der Waals surface area (Å²) in [5.74, 6) is -0.115. The summed E-state index contributed by atoms with van der Waals surface area (Å²) in [5.41, 5.74) is 0.941. The molecule has 0 heterocycles. The number of carbonyl (C=O) groups is 1. The molecule has 0 aliphatic carbocycles. The summed E-state index contributed by atoms with van der Waals surface area (Å²) in [6.07, 6.45) is 3.27. The minimum atomic E-state index is -2.23. The van der Waals surface area contributed by atoms with E-state index in [1.807, 2.05) is 60.7 Å². The molecule has 0 N–H and O–H groups in total. The minimum Gasteiger partial charge on any atom is -0.294 e. The summed E-state index contributed by atoms with van der Waals surface area (Å²) in [7, 11) is 0. The number of carbonyl (C=O) groups excluding carboxylic acids is 1. The Kier molecular flexibility index (Phi) is 6.27. The Labute approximate surface area is 164 Å². The third kappa shape index (κ3) is 4.07. The van der Waals surface area contributed by atoms with E-state index >= 15 is 0 Å². The van der Waals surface area contributed by atoms with Gasteiger partial charge in [0, 0.05) is 0 Å². The van der Waals surface area contributed by atoms with Gasteiger partial charge >= 0.3 is 0 Å². The topological polar surface area (TPSA) is 17.1 Å². The average Bonchev–Trinajstić information content (AvgIpc) is 2.73. The zero-order valence-corrected chi connectivity index (χ0v) is 16.5. The Morgan fingerprint density at radius 3 is 1.69 bits per heavy atom. The van der Waals surface area contributed by atoms with Gasteiger partial charge in [0.1, 0.15) is 27.2 Å². The molecule has 0 aliphatic heterocycles. The maximum Gasteiger partial charge on any atom is 0.210 e. The van der Waals surface area contributed by atoms with Crippen LogP contribution in [-0.2, 0) is 4.79 Å². The van der Waals surface area contributed by atoms with Gasteiger partial charge in [-0.3, -0.25) is 4.79 Å². The lowest BCUT2D eigenvalue weighted by Crippen LogP contribution is -2.27. The fourth-order valence-electron chi connectivity index (χ4n) is 2.74. The molecule has 3 aromatic rings. The van der Waals surface area contributed by atoms with Crippen LogP contribution in [0.4, 0.5) is 0 Å². The van der Waals surface area contributed by atoms with E-state index < -0.39 is 6.62 Å². The molecule has 3 aromatic carbocycles. The van der Waals surface area contributed by atoms with E-state index in [4.69, 9.17) is 22.8 Å². The van der Waals surface area contributed by atoms with Gasteiger partial charge in [0.2, 0.25) is 6.62 Å². The van der Waals surface area contributed by atoms with Crippen LogP contribution in [0.25, 0.3) is 6.08 Å². The highest BCUT2D eigenvalue weighted by molar-refractivity contribution is 8.14. The van der Waals surface area contributed by atoms with Crippen LogP contribution in [0.3, 0.4) is 0 Å². The smallest absolute Gasteiger partial charge is 0.210 e. The number of hydrogen-bond donors (Lipinski definition) is 0. The molecule has 1 nitrogen and oxygen atoms in total. The lowest BCUT2D eigenvalue weighted by molar-refractivity contribution is -0.112. The molecular formula is C22H18Cl2OP+. The molecule has 0 unspecified atom stereocenters. The molecule has 0 bridgehead atoms. The Morgan fingerprint density at radius 1 is 0.769 bits per heavy atom. The molecule has 0 saturated heterocycles. The highest BCUT2D eigenvalue weighted by Crippen LogP contribution is 2.60. The van der Waals surface area contributed by atoms with Crippen molar-refractivity contribution in [1.29, 1.82) is 0 Å². The van der Waals surface area contributed by atoms with Crippen molar-refractivity contribution in [2.45, 2.75) is 0 Å². The fourth-order valence-corrected chi connectivity index (χ4v) is 6.46. The molecule has 0 fully saturated rings. The second kappa shape index (κ2) is 8.64. The number of halogens is 2. The van der Waals surface area contributed by atoms with E-state index in [1.165, 1.54) is 6.08 Å². The molecule has 0 saturated carbocycles. The molecule has 0 amide bonds. The van der Waals surface area contributed by atoms with Gasteiger partial charge in [-0.05, 0) is 48.0 Å². The van der Waals surface area contributed by atoms with Crippen LogP contribution in [0.1, 0.15) is 5.56 Å². The van der Waals surface area contributed by atoms with Crippen LogP contribution in [-0.4, -0.2) is 11.7 Å². The first-order valence-electron chi connectivity index (χ1n) is 8.22. The van der Waals surface area contributed by atoms with Crippen LogP contribution < -0.4 is 15.9 Å². The molecule has 0 spiro atoms. The van der Waals surface area contributed by atoms with Crippen molar-refractivity contribution in [3.63, 3.8) is 0 Å². The molecule has 0 aliphatic rings. The van der Waals surface area contributed by atoms with Crippen LogP contribution in [0, 0.1) is 0 Å². The van der Waals surface area contributed by atoms with Gasteiger partial charge in [-0.2, -0.15) is 0 Å². The van der Waals surface area contributed by atoms with Crippen molar-refractivity contribution in [2.75, 3.05) is 5.88 Å². The van der Waals surface area contributed by atoms with Crippen molar-refractivity contribution in [3.05, 3.63) is 96.6 Å². The Balaban J connectivity index is 2.04. The van der Waals surface area contributed by atoms with Crippen molar-refractivity contribution < 1.29 is 4.79 Å². The van der Waals surface area contributed by atoms with Crippen LogP contribution >= 0.6 is 29.5 Å². The SMILES string of the molecule is O=C(/C=C/c1ccc([P+](Cl)(c2ccccc2)c2ccccc2)cc1)CCl. The zero-order chi connectivity index (χ0) is 18.4. The van der Waals surface area contributed by atoms with E-state index in [9.17, 15) is 4.79 Å². The van der Waals surface area contributed by atoms with Crippen LogP contribution in [0.15, 0.2) is 91.0 Å². The van der Waals surface area contributed by atoms with Crippen LogP contribution in [0.5, 0.6) is 0 Å². The maximum absolute atomic E-state index is 11.3. The van der Waals surface area contributed by atoms with Gasteiger partial charge in [-0.1, -0.05) is 54.6 Å². The Morgan fingerprint density at radius 2 is 1.23 bits per heavy atom. The molecule has 4 heteroatoms. The summed E-state index contributed by atoms with van der Waals surface area (Å²) in [5, 5.41) is 3.32. The second-order valence-corrected chi connectivity index (χ2v) is 10.3. The third-order valence-electron chi connectivity index (χ3n) is 4.07. The first-order valence-corrected chi connectivity index (χ1v) is 11.4. The number of benzene rings is 3. The van der Waals surface area contributed by atoms with Crippen LogP contribution in [0.2, 0.25) is 0 Å². The number of ketones is 1. The van der Waals surface area contributed by atoms with Gasteiger partial charge in [0.15, 0.2) is 5.78 Å². The van der Waals surface area contributed by atoms with E-state index in [0.717, 1.165) is 21.5 Å². The van der Waals surface area contributed by atoms with Crippen molar-refractivity contribution in [2.24, 2.45) is 0 Å². The van der Waals surface area contributed by atoms with E-state index in [0.29, 0.717) is 0 Å². The predicted molar refractivity (Wildman–Crippen MR) is 116 cm³/mol. The molecule has 26 heavy (non-hydrogen) atoms. The average molecular weight is 400 g/mol. The predicted octanol–water partition coefficient (Wildman–Crippen LogP) is 4.96. The molecular weight excluding hydrogens is 382 g/mol. The fraction of sp³-hybridized carbons (Fsp3) is 0.0455. The molecule has 0 atom stereocenters. The minimum absolute atomic E-state index is 0.00702. The normalized spacial score (nSPS) is 11.6. The summed E-state index contributed by atoms with van der Waals surface area (Å²) in [4.78, 5) is 11.3. The van der Waals surface area contributed by atoms with Gasteiger partial charge < -0.3 is 0 Å². The monoisotopic (exact) mass is 399 g/mol. The maximum atomic E-state index is 11.3. The van der Waals surface area contributed by atoms with Crippen molar-refractivity contribution in [3.8, 4) is 0 Å². The first kappa shape index (κ1) is 18.9. The number of allylic oxidation sites excluding steroid dienone is 1. The second-order valence-electron chi connectivity index (χ2n) is 5.78. The third-order valence-corrected chi connectivity index (χ3v) is 9.12. The lowest BCUT2D eigenvalue weighted by atomic mass is 10.2. The van der Waals surface area contributed by atoms with Gasteiger partial charge in [-0.25, -0.2) is 0 Å². The highest BCUT2D eigenvalue weighted by Gasteiger charge is 2.44. The molecule has 0 radical (unpaired) electrons. The van der Waals surface area contributed by atoms with Gasteiger partial charge in [-0.15, -0.1) is 11.6 Å². The number of alkyl halides is 1. The van der Waals surface area contributed by atoms with Crippen molar-refractivity contribution in [1.82, 2.24) is 0 Å². The quantitative estimate of drug-likeness (QED) is 0.325. The number of rotatable bonds is 6. The standard InChI is InChI=1S/C22H18Cl2OP/c23-17-19(25)14-11-18-12-15-22(16-13-18)26(24,20-7-3-1-4-8-20)21-9-5-2-6-10-21/h1-16H,17H2/q+1/b14-11+. The van der Waals surface area contributed by atoms with Crippen molar-refractivity contribution >= 4 is 57.2 Å². The number of hydrogen-bond acceptors (Lipinski definition) is 1. The first-order chi connectivity index (χ1) is 12.6.